The van der Waals surface area contributed by atoms with Gasteiger partial charge in [-0.05, 0) is 50.8 Å². The Bertz CT molecular complexity index is 454. The summed E-state index contributed by atoms with van der Waals surface area (Å²) in [5, 5.41) is 0. The highest BCUT2D eigenvalue weighted by molar-refractivity contribution is 9.13. The summed E-state index contributed by atoms with van der Waals surface area (Å²) in [4.78, 5) is 1.51. The maximum Gasteiger partial charge on any atom is 0.0861 e. The number of hydrogen-bond acceptors (Lipinski definition) is 2. The van der Waals surface area contributed by atoms with Gasteiger partial charge in [-0.2, -0.15) is 0 Å². The molecule has 0 aliphatic rings. The molecule has 0 bridgehead atoms. The van der Waals surface area contributed by atoms with E-state index in [1.807, 2.05) is 22.7 Å². The van der Waals surface area contributed by atoms with E-state index >= 15 is 0 Å². The maximum atomic E-state index is 3.60. The average Bonchev–Trinajstić information content (AvgIpc) is 2.56. The van der Waals surface area contributed by atoms with E-state index < -0.39 is 0 Å². The molecule has 0 atom stereocenters. The van der Waals surface area contributed by atoms with Gasteiger partial charge in [-0.25, -0.2) is 0 Å². The molecular formula is C9H8Br2S2. The summed E-state index contributed by atoms with van der Waals surface area (Å²) in [6, 6.07) is 0. The predicted octanol–water partition coefficient (Wildman–Crippen LogP) is 5.36. The van der Waals surface area contributed by atoms with Crippen molar-refractivity contribution in [1.82, 2.24) is 0 Å². The highest BCUT2D eigenvalue weighted by Gasteiger charge is 2.14. The number of hydrogen-bond donors (Lipinski definition) is 0. The smallest absolute Gasteiger partial charge is 0.0861 e. The first-order chi connectivity index (χ1) is 6.15. The van der Waals surface area contributed by atoms with Crippen LogP contribution in [0.4, 0.5) is 0 Å². The van der Waals surface area contributed by atoms with Gasteiger partial charge in [0.2, 0.25) is 0 Å². The molecular weight excluding hydrogens is 332 g/mol. The minimum atomic E-state index is 1.14. The standard InChI is InChI=1S/C9H8Br2S2/c1-3-5-4(2)7-8(12-5)6(10)9(11)13-7/h3H2,1-2H3. The van der Waals surface area contributed by atoms with E-state index in [0.717, 1.165) is 6.42 Å². The zero-order chi connectivity index (χ0) is 9.59. The van der Waals surface area contributed by atoms with Gasteiger partial charge in [0.25, 0.3) is 0 Å². The van der Waals surface area contributed by atoms with Gasteiger partial charge in [-0.1, -0.05) is 6.92 Å². The third kappa shape index (κ3) is 1.52. The molecule has 0 aromatic carbocycles. The van der Waals surface area contributed by atoms with Crippen LogP contribution in [0.15, 0.2) is 8.26 Å². The highest BCUT2D eigenvalue weighted by atomic mass is 79.9. The second-order valence-corrected chi connectivity index (χ2v) is 7.09. The van der Waals surface area contributed by atoms with Gasteiger partial charge in [0, 0.05) is 4.88 Å². The van der Waals surface area contributed by atoms with Crippen LogP contribution in [0.25, 0.3) is 9.40 Å². The Hall–Kier alpha value is 0.620. The van der Waals surface area contributed by atoms with Gasteiger partial charge >= 0.3 is 0 Å². The van der Waals surface area contributed by atoms with E-state index in [2.05, 4.69) is 45.7 Å². The second kappa shape index (κ2) is 3.65. The van der Waals surface area contributed by atoms with Gasteiger partial charge in [0.15, 0.2) is 0 Å². The van der Waals surface area contributed by atoms with Crippen LogP contribution in [0.2, 0.25) is 0 Å². The van der Waals surface area contributed by atoms with Crippen LogP contribution in [0.3, 0.4) is 0 Å². The third-order valence-electron chi connectivity index (χ3n) is 2.08. The molecule has 0 spiro atoms. The van der Waals surface area contributed by atoms with Crippen LogP contribution in [0, 0.1) is 6.92 Å². The molecule has 70 valence electrons. The number of rotatable bonds is 1. The van der Waals surface area contributed by atoms with Crippen molar-refractivity contribution < 1.29 is 0 Å². The van der Waals surface area contributed by atoms with Crippen LogP contribution in [0.1, 0.15) is 17.4 Å². The summed E-state index contributed by atoms with van der Waals surface area (Å²) in [5.41, 5.74) is 1.46. The fourth-order valence-corrected chi connectivity index (χ4v) is 5.31. The molecule has 0 aliphatic heterocycles. The molecule has 0 saturated heterocycles. The first-order valence-corrected chi connectivity index (χ1v) is 7.22. The van der Waals surface area contributed by atoms with Crippen LogP contribution in [-0.2, 0) is 6.42 Å². The van der Waals surface area contributed by atoms with Gasteiger partial charge in [0.05, 0.1) is 17.7 Å². The molecule has 2 heterocycles. The number of aryl methyl sites for hydroxylation is 2. The van der Waals surface area contributed by atoms with Crippen molar-refractivity contribution in [2.75, 3.05) is 0 Å². The highest BCUT2D eigenvalue weighted by Crippen LogP contribution is 2.46. The quantitative estimate of drug-likeness (QED) is 0.656. The normalized spacial score (nSPS) is 11.4. The van der Waals surface area contributed by atoms with Crippen molar-refractivity contribution in [3.8, 4) is 0 Å². The summed E-state index contributed by atoms with van der Waals surface area (Å²) in [6.07, 6.45) is 1.14. The van der Waals surface area contributed by atoms with E-state index in [0.29, 0.717) is 0 Å². The lowest BCUT2D eigenvalue weighted by Crippen LogP contribution is -1.74. The lowest BCUT2D eigenvalue weighted by molar-refractivity contribution is 1.16. The van der Waals surface area contributed by atoms with Crippen molar-refractivity contribution >= 4 is 63.9 Å². The van der Waals surface area contributed by atoms with E-state index in [1.54, 1.807) is 0 Å². The summed E-state index contributed by atoms with van der Waals surface area (Å²) < 4.78 is 5.26. The van der Waals surface area contributed by atoms with Crippen molar-refractivity contribution in [3.05, 3.63) is 18.7 Å². The van der Waals surface area contributed by atoms with Crippen LogP contribution >= 0.6 is 54.5 Å². The van der Waals surface area contributed by atoms with E-state index in [1.165, 1.54) is 28.1 Å². The Morgan fingerprint density at radius 2 is 1.85 bits per heavy atom. The molecule has 0 nitrogen and oxygen atoms in total. The fourth-order valence-electron chi connectivity index (χ4n) is 1.37. The monoisotopic (exact) mass is 338 g/mol. The lowest BCUT2D eigenvalue weighted by atomic mass is 10.2. The first kappa shape index (κ1) is 10.1. The maximum absolute atomic E-state index is 3.60. The largest absolute Gasteiger partial charge is 0.138 e. The molecule has 0 fully saturated rings. The number of thiophene rings is 2. The molecule has 2 aromatic heterocycles. The minimum absolute atomic E-state index is 1.14. The van der Waals surface area contributed by atoms with Gasteiger partial charge < -0.3 is 0 Å². The molecule has 0 unspecified atom stereocenters. The molecule has 0 radical (unpaired) electrons. The number of fused-ring (bicyclic) bond motifs is 1. The molecule has 0 aliphatic carbocycles. The van der Waals surface area contributed by atoms with Crippen LogP contribution in [-0.4, -0.2) is 0 Å². The minimum Gasteiger partial charge on any atom is -0.138 e. The molecule has 0 saturated carbocycles. The summed E-state index contributed by atoms with van der Waals surface area (Å²) in [7, 11) is 0. The number of halogens is 2. The van der Waals surface area contributed by atoms with Crippen LogP contribution < -0.4 is 0 Å². The van der Waals surface area contributed by atoms with Gasteiger partial charge in [-0.15, -0.1) is 22.7 Å². The summed E-state index contributed by atoms with van der Waals surface area (Å²) in [6.45, 7) is 4.43. The summed E-state index contributed by atoms with van der Waals surface area (Å²) in [5.74, 6) is 0. The van der Waals surface area contributed by atoms with Crippen LogP contribution in [0.5, 0.6) is 0 Å². The topological polar surface area (TPSA) is 0 Å². The zero-order valence-electron chi connectivity index (χ0n) is 7.28. The van der Waals surface area contributed by atoms with Crippen molar-refractivity contribution in [1.29, 1.82) is 0 Å². The first-order valence-electron chi connectivity index (χ1n) is 4.01. The average molecular weight is 340 g/mol. The SMILES string of the molecule is CCc1sc2c(Br)c(Br)sc2c1C. The zero-order valence-corrected chi connectivity index (χ0v) is 12.1. The van der Waals surface area contributed by atoms with Gasteiger partial charge in [-0.3, -0.25) is 0 Å². The fraction of sp³-hybridized carbons (Fsp3) is 0.333. The molecule has 4 heteroatoms. The van der Waals surface area contributed by atoms with Crippen molar-refractivity contribution in [2.45, 2.75) is 20.3 Å². The molecule has 2 rings (SSSR count). The summed E-state index contributed by atoms with van der Waals surface area (Å²) >= 11 is 10.9. The van der Waals surface area contributed by atoms with Crippen molar-refractivity contribution in [3.63, 3.8) is 0 Å². The Balaban J connectivity index is 2.81. The Morgan fingerprint density at radius 3 is 2.38 bits per heavy atom. The Labute approximate surface area is 102 Å². The van der Waals surface area contributed by atoms with E-state index in [-0.39, 0.29) is 0 Å². The molecule has 0 N–H and O–H groups in total. The van der Waals surface area contributed by atoms with Gasteiger partial charge in [0.1, 0.15) is 0 Å². The van der Waals surface area contributed by atoms with Crippen molar-refractivity contribution in [2.24, 2.45) is 0 Å². The third-order valence-corrected chi connectivity index (χ3v) is 7.49. The predicted molar refractivity (Wildman–Crippen MR) is 69.2 cm³/mol. The molecule has 13 heavy (non-hydrogen) atoms. The van der Waals surface area contributed by atoms with E-state index in [9.17, 15) is 0 Å². The Morgan fingerprint density at radius 1 is 1.15 bits per heavy atom. The molecule has 2 aromatic rings. The Kier molecular flexibility index (Phi) is 2.85. The van der Waals surface area contributed by atoms with E-state index in [4.69, 9.17) is 0 Å². The molecule has 0 amide bonds. The lowest BCUT2D eigenvalue weighted by Gasteiger charge is -1.90. The second-order valence-electron chi connectivity index (χ2n) is 2.85.